The first-order chi connectivity index (χ1) is 9.20. The van der Waals surface area contributed by atoms with Gasteiger partial charge in [-0.3, -0.25) is 0 Å². The van der Waals surface area contributed by atoms with E-state index in [0.29, 0.717) is 0 Å². The molecular weight excluding hydrogens is 234 g/mol. The van der Waals surface area contributed by atoms with Crippen LogP contribution in [-0.2, 0) is 6.54 Å². The molecule has 1 aliphatic rings. The Morgan fingerprint density at radius 2 is 1.89 bits per heavy atom. The Bertz CT molecular complexity index is 395. The zero-order chi connectivity index (χ0) is 13.7. The molecule has 106 valence electrons. The smallest absolute Gasteiger partial charge is 0.0412 e. The lowest BCUT2D eigenvalue weighted by Crippen LogP contribution is -2.45. The third-order valence-electron chi connectivity index (χ3n) is 3.82. The maximum Gasteiger partial charge on any atom is 0.0412 e. The number of benzene rings is 1. The topological polar surface area (TPSA) is 18.5 Å². The number of nitrogens with zero attached hydrogens (tertiary/aromatic N) is 2. The van der Waals surface area contributed by atoms with Gasteiger partial charge < -0.3 is 15.1 Å². The van der Waals surface area contributed by atoms with Crippen molar-refractivity contribution < 1.29 is 0 Å². The first kappa shape index (κ1) is 14.4. The van der Waals surface area contributed by atoms with E-state index in [9.17, 15) is 0 Å². The van der Waals surface area contributed by atoms with Gasteiger partial charge in [0, 0.05) is 38.4 Å². The van der Waals surface area contributed by atoms with Gasteiger partial charge in [0.05, 0.1) is 0 Å². The summed E-state index contributed by atoms with van der Waals surface area (Å²) in [6.07, 6.45) is 1.19. The van der Waals surface area contributed by atoms with Crippen LogP contribution in [0.25, 0.3) is 0 Å². The maximum absolute atomic E-state index is 3.53. The molecule has 0 unspecified atom stereocenters. The Kier molecular flexibility index (Phi) is 5.23. The molecule has 3 heteroatoms. The molecule has 1 fully saturated rings. The largest absolute Gasteiger partial charge is 0.369 e. The van der Waals surface area contributed by atoms with Gasteiger partial charge >= 0.3 is 0 Å². The lowest BCUT2D eigenvalue weighted by atomic mass is 10.1. The van der Waals surface area contributed by atoms with E-state index in [-0.39, 0.29) is 0 Å². The van der Waals surface area contributed by atoms with Gasteiger partial charge in [0.2, 0.25) is 0 Å². The molecule has 0 saturated carbocycles. The Hall–Kier alpha value is -1.06. The first-order valence-corrected chi connectivity index (χ1v) is 7.44. The van der Waals surface area contributed by atoms with Crippen molar-refractivity contribution >= 4 is 5.69 Å². The van der Waals surface area contributed by atoms with Crippen LogP contribution in [0.15, 0.2) is 18.2 Å². The fourth-order valence-corrected chi connectivity index (χ4v) is 2.61. The minimum Gasteiger partial charge on any atom is -0.369 e. The average molecular weight is 261 g/mol. The van der Waals surface area contributed by atoms with Crippen molar-refractivity contribution in [1.82, 2.24) is 10.2 Å². The summed E-state index contributed by atoms with van der Waals surface area (Å²) in [7, 11) is 2.20. The van der Waals surface area contributed by atoms with Gasteiger partial charge in [-0.25, -0.2) is 0 Å². The van der Waals surface area contributed by atoms with Gasteiger partial charge in [0.1, 0.15) is 0 Å². The lowest BCUT2D eigenvalue weighted by molar-refractivity contribution is 0.312. The van der Waals surface area contributed by atoms with Gasteiger partial charge in [-0.2, -0.15) is 0 Å². The summed E-state index contributed by atoms with van der Waals surface area (Å²) in [5, 5.41) is 3.53. The van der Waals surface area contributed by atoms with Gasteiger partial charge in [-0.15, -0.1) is 0 Å². The molecule has 3 nitrogen and oxygen atoms in total. The summed E-state index contributed by atoms with van der Waals surface area (Å²) in [5.74, 6) is 0. The van der Waals surface area contributed by atoms with Crippen LogP contribution in [0.4, 0.5) is 5.69 Å². The van der Waals surface area contributed by atoms with E-state index in [1.807, 2.05) is 0 Å². The summed E-state index contributed by atoms with van der Waals surface area (Å²) in [5.41, 5.74) is 4.21. The molecule has 0 bridgehead atoms. The van der Waals surface area contributed by atoms with Crippen molar-refractivity contribution in [3.8, 4) is 0 Å². The van der Waals surface area contributed by atoms with E-state index >= 15 is 0 Å². The van der Waals surface area contributed by atoms with E-state index in [4.69, 9.17) is 0 Å². The Morgan fingerprint density at radius 1 is 1.16 bits per heavy atom. The number of rotatable bonds is 5. The highest BCUT2D eigenvalue weighted by Gasteiger charge is 2.16. The van der Waals surface area contributed by atoms with Crippen LogP contribution in [0.1, 0.15) is 24.5 Å². The molecule has 1 aromatic rings. The number of piperazine rings is 1. The maximum atomic E-state index is 3.53. The zero-order valence-electron chi connectivity index (χ0n) is 12.6. The molecule has 1 aromatic carbocycles. The SMILES string of the molecule is CCCNCc1cc(C)ccc1N1CCN(C)CC1. The second-order valence-electron chi connectivity index (χ2n) is 5.60. The van der Waals surface area contributed by atoms with E-state index in [1.54, 1.807) is 0 Å². The normalized spacial score (nSPS) is 16.9. The number of anilines is 1. The van der Waals surface area contributed by atoms with Crippen molar-refractivity contribution in [2.45, 2.75) is 26.8 Å². The molecule has 2 rings (SSSR count). The number of likely N-dealkylation sites (N-methyl/N-ethyl adjacent to an activating group) is 1. The van der Waals surface area contributed by atoms with E-state index < -0.39 is 0 Å². The van der Waals surface area contributed by atoms with Crippen molar-refractivity contribution in [3.05, 3.63) is 29.3 Å². The van der Waals surface area contributed by atoms with Crippen molar-refractivity contribution in [2.24, 2.45) is 0 Å². The van der Waals surface area contributed by atoms with Gasteiger partial charge in [0.25, 0.3) is 0 Å². The molecular formula is C16H27N3. The van der Waals surface area contributed by atoms with Crippen LogP contribution in [-0.4, -0.2) is 44.7 Å². The fourth-order valence-electron chi connectivity index (χ4n) is 2.61. The molecule has 1 saturated heterocycles. The Morgan fingerprint density at radius 3 is 2.58 bits per heavy atom. The minimum atomic E-state index is 0.983. The molecule has 1 aliphatic heterocycles. The van der Waals surface area contributed by atoms with E-state index in [0.717, 1.165) is 39.3 Å². The highest BCUT2D eigenvalue weighted by atomic mass is 15.2. The Balaban J connectivity index is 2.09. The Labute approximate surface area is 117 Å². The second-order valence-corrected chi connectivity index (χ2v) is 5.60. The van der Waals surface area contributed by atoms with Gasteiger partial charge in [-0.05, 0) is 38.6 Å². The van der Waals surface area contributed by atoms with Crippen molar-refractivity contribution in [1.29, 1.82) is 0 Å². The highest BCUT2D eigenvalue weighted by Crippen LogP contribution is 2.23. The average Bonchev–Trinajstić information content (AvgIpc) is 2.41. The standard InChI is InChI=1S/C16H27N3/c1-4-7-17-13-15-12-14(2)5-6-16(15)19-10-8-18(3)9-11-19/h5-6,12,17H,4,7-11,13H2,1-3H3. The van der Waals surface area contributed by atoms with E-state index in [1.165, 1.54) is 23.2 Å². The number of hydrogen-bond acceptors (Lipinski definition) is 3. The minimum absolute atomic E-state index is 0.983. The third-order valence-corrected chi connectivity index (χ3v) is 3.82. The summed E-state index contributed by atoms with van der Waals surface area (Å²) >= 11 is 0. The lowest BCUT2D eigenvalue weighted by Gasteiger charge is -2.35. The monoisotopic (exact) mass is 261 g/mol. The number of hydrogen-bond donors (Lipinski definition) is 1. The zero-order valence-corrected chi connectivity index (χ0v) is 12.6. The van der Waals surface area contributed by atoms with Crippen LogP contribution in [0.2, 0.25) is 0 Å². The van der Waals surface area contributed by atoms with Crippen molar-refractivity contribution in [3.63, 3.8) is 0 Å². The summed E-state index contributed by atoms with van der Waals surface area (Å²) in [6, 6.07) is 6.86. The molecule has 0 aliphatic carbocycles. The summed E-state index contributed by atoms with van der Waals surface area (Å²) < 4.78 is 0. The molecule has 0 aromatic heterocycles. The highest BCUT2D eigenvalue weighted by molar-refractivity contribution is 5.55. The van der Waals surface area contributed by atoms with Crippen molar-refractivity contribution in [2.75, 3.05) is 44.7 Å². The van der Waals surface area contributed by atoms with Gasteiger partial charge in [-0.1, -0.05) is 24.6 Å². The second kappa shape index (κ2) is 6.92. The van der Waals surface area contributed by atoms with E-state index in [2.05, 4.69) is 54.2 Å². The van der Waals surface area contributed by atoms with Crippen LogP contribution < -0.4 is 10.2 Å². The fraction of sp³-hybridized carbons (Fsp3) is 0.625. The number of nitrogens with one attached hydrogen (secondary N) is 1. The molecule has 0 amide bonds. The quantitative estimate of drug-likeness (QED) is 0.820. The first-order valence-electron chi connectivity index (χ1n) is 7.44. The summed E-state index contributed by atoms with van der Waals surface area (Å²) in [6.45, 7) is 11.1. The predicted octanol–water partition coefficient (Wildman–Crippen LogP) is 2.25. The molecule has 0 atom stereocenters. The molecule has 0 radical (unpaired) electrons. The van der Waals surface area contributed by atoms with Crippen LogP contribution in [0.3, 0.4) is 0 Å². The van der Waals surface area contributed by atoms with Crippen LogP contribution in [0, 0.1) is 6.92 Å². The molecule has 19 heavy (non-hydrogen) atoms. The van der Waals surface area contributed by atoms with Crippen LogP contribution >= 0.6 is 0 Å². The third kappa shape index (κ3) is 3.95. The molecule has 1 N–H and O–H groups in total. The van der Waals surface area contributed by atoms with Crippen LogP contribution in [0.5, 0.6) is 0 Å². The molecule has 1 heterocycles. The van der Waals surface area contributed by atoms with Gasteiger partial charge in [0.15, 0.2) is 0 Å². The summed E-state index contributed by atoms with van der Waals surface area (Å²) in [4.78, 5) is 4.93. The predicted molar refractivity (Wildman–Crippen MR) is 82.9 cm³/mol. The number of aryl methyl sites for hydroxylation is 1. The molecule has 0 spiro atoms.